The van der Waals surface area contributed by atoms with Crippen molar-refractivity contribution in [2.75, 3.05) is 0 Å². The van der Waals surface area contributed by atoms with E-state index in [2.05, 4.69) is 243 Å². The topological polar surface area (TPSA) is 4.93 Å². The van der Waals surface area contributed by atoms with Crippen molar-refractivity contribution in [2.24, 2.45) is 0 Å². The summed E-state index contributed by atoms with van der Waals surface area (Å²) in [6, 6.07) is 84.6. The van der Waals surface area contributed by atoms with E-state index in [0.717, 1.165) is 5.69 Å². The molecule has 0 N–H and O–H groups in total. The Morgan fingerprint density at radius 2 is 0.773 bits per heavy atom. The second-order valence-corrected chi connectivity index (χ2v) is 19.9. The van der Waals surface area contributed by atoms with Crippen molar-refractivity contribution in [2.45, 2.75) is 24.7 Å². The van der Waals surface area contributed by atoms with E-state index in [9.17, 15) is 0 Å². The van der Waals surface area contributed by atoms with Crippen LogP contribution < -0.4 is 0 Å². The predicted molar refractivity (Wildman–Crippen MR) is 279 cm³/mol. The monoisotopic (exact) mass is 857 g/mol. The molecule has 0 unspecified atom stereocenters. The molecule has 2 aliphatic carbocycles. The second kappa shape index (κ2) is 13.9. The third-order valence-electron chi connectivity index (χ3n) is 15.1. The third-order valence-corrected chi connectivity index (χ3v) is 16.2. The van der Waals surface area contributed by atoms with Gasteiger partial charge in [-0.25, -0.2) is 0 Å². The lowest BCUT2D eigenvalue weighted by Gasteiger charge is -2.37. The summed E-state index contributed by atoms with van der Waals surface area (Å²) < 4.78 is 5.09. The highest BCUT2D eigenvalue weighted by Gasteiger charge is 2.53. The molecule has 0 saturated heterocycles. The fourth-order valence-corrected chi connectivity index (χ4v) is 13.0. The summed E-state index contributed by atoms with van der Waals surface area (Å²) in [5.74, 6) is 0. The number of fused-ring (bicyclic) bond motifs is 6. The van der Waals surface area contributed by atoms with Gasteiger partial charge in [-0.2, -0.15) is 0 Å². The molecule has 0 amide bonds. The quantitative estimate of drug-likeness (QED) is 0.157. The van der Waals surface area contributed by atoms with E-state index < -0.39 is 5.41 Å². The van der Waals surface area contributed by atoms with Gasteiger partial charge in [0.25, 0.3) is 0 Å². The Morgan fingerprint density at radius 1 is 0.333 bits per heavy atom. The van der Waals surface area contributed by atoms with Crippen LogP contribution in [0.4, 0.5) is 0 Å². The number of rotatable bonds is 6. The maximum Gasteiger partial charge on any atom is 0.0714 e. The van der Waals surface area contributed by atoms with Gasteiger partial charge in [0.2, 0.25) is 0 Å². The summed E-state index contributed by atoms with van der Waals surface area (Å²) >= 11 is 1.87. The van der Waals surface area contributed by atoms with E-state index in [0.29, 0.717) is 0 Å². The lowest BCUT2D eigenvalue weighted by molar-refractivity contribution is 0.652. The molecule has 0 atom stereocenters. The number of thiophene rings is 1. The summed E-state index contributed by atoms with van der Waals surface area (Å²) in [4.78, 5) is 0. The van der Waals surface area contributed by atoms with E-state index in [-0.39, 0.29) is 5.41 Å². The fourth-order valence-electron chi connectivity index (χ4n) is 12.0. The van der Waals surface area contributed by atoms with Crippen LogP contribution in [0.15, 0.2) is 224 Å². The van der Waals surface area contributed by atoms with Crippen molar-refractivity contribution in [1.82, 2.24) is 4.57 Å². The van der Waals surface area contributed by atoms with Crippen molar-refractivity contribution in [3.63, 3.8) is 0 Å². The average molecular weight is 858 g/mol. The Bertz CT molecular complexity index is 3770. The first-order valence-electron chi connectivity index (χ1n) is 23.1. The maximum atomic E-state index is 2.53. The summed E-state index contributed by atoms with van der Waals surface area (Å²) in [7, 11) is 0. The SMILES string of the molecule is CC1(C)c2cc(-c3ccccc3)cc3c2-c2c1cc(-c1ccccc1)cc2C3(c1ccc(-c2ccc3sc4ccccc4c3c2)cc1)c1ccc(-n2c3ccccc3c3ccccc32)cc1. The number of aromatic nitrogens is 1. The molecule has 0 spiro atoms. The minimum atomic E-state index is -0.619. The molecule has 14 rings (SSSR count). The van der Waals surface area contributed by atoms with Crippen LogP contribution in [0.3, 0.4) is 0 Å². The highest BCUT2D eigenvalue weighted by atomic mass is 32.1. The Hall–Kier alpha value is -7.78. The molecule has 0 saturated carbocycles. The molecule has 310 valence electrons. The minimum absolute atomic E-state index is 0.204. The predicted octanol–water partition coefficient (Wildman–Crippen LogP) is 17.2. The van der Waals surface area contributed by atoms with Gasteiger partial charge in [0.05, 0.1) is 16.4 Å². The van der Waals surface area contributed by atoms with Gasteiger partial charge in [-0.1, -0.05) is 172 Å². The van der Waals surface area contributed by atoms with Crippen LogP contribution in [0.2, 0.25) is 0 Å². The summed E-state index contributed by atoms with van der Waals surface area (Å²) in [5, 5.41) is 5.18. The normalized spacial score (nSPS) is 14.2. The third kappa shape index (κ3) is 5.16. The molecule has 0 bridgehead atoms. The molecular weight excluding hydrogens is 815 g/mol. The first kappa shape index (κ1) is 37.6. The lowest BCUT2D eigenvalue weighted by Crippen LogP contribution is -2.30. The number of nitrogens with zero attached hydrogens (tertiary/aromatic N) is 1. The van der Waals surface area contributed by atoms with E-state index in [1.165, 1.54) is 120 Å². The van der Waals surface area contributed by atoms with E-state index in [1.807, 2.05) is 11.3 Å². The summed E-state index contributed by atoms with van der Waals surface area (Å²) in [6.45, 7) is 4.87. The number of hydrogen-bond donors (Lipinski definition) is 0. The van der Waals surface area contributed by atoms with Gasteiger partial charge < -0.3 is 4.57 Å². The molecule has 66 heavy (non-hydrogen) atoms. The van der Waals surface area contributed by atoms with Crippen molar-refractivity contribution in [1.29, 1.82) is 0 Å². The van der Waals surface area contributed by atoms with E-state index in [4.69, 9.17) is 0 Å². The number of para-hydroxylation sites is 2. The van der Waals surface area contributed by atoms with Gasteiger partial charge >= 0.3 is 0 Å². The maximum absolute atomic E-state index is 2.53. The van der Waals surface area contributed by atoms with Crippen LogP contribution in [-0.2, 0) is 10.8 Å². The van der Waals surface area contributed by atoms with Gasteiger partial charge in [0.15, 0.2) is 0 Å². The molecule has 2 aromatic heterocycles. The van der Waals surface area contributed by atoms with Gasteiger partial charge in [-0.15, -0.1) is 11.3 Å². The molecule has 2 heteroatoms. The van der Waals surface area contributed by atoms with Crippen LogP contribution in [-0.4, -0.2) is 4.57 Å². The zero-order valence-corrected chi connectivity index (χ0v) is 37.5. The largest absolute Gasteiger partial charge is 0.309 e. The first-order chi connectivity index (χ1) is 32.5. The van der Waals surface area contributed by atoms with Crippen LogP contribution >= 0.6 is 11.3 Å². The summed E-state index contributed by atoms with van der Waals surface area (Å²) in [6.07, 6.45) is 0. The fraction of sp³-hybridized carbons (Fsp3) is 0.0625. The van der Waals surface area contributed by atoms with Gasteiger partial charge in [0, 0.05) is 42.0 Å². The summed E-state index contributed by atoms with van der Waals surface area (Å²) in [5.41, 5.74) is 21.0. The minimum Gasteiger partial charge on any atom is -0.309 e. The van der Waals surface area contributed by atoms with Crippen molar-refractivity contribution in [3.05, 3.63) is 258 Å². The Labute approximate surface area is 388 Å². The zero-order valence-electron chi connectivity index (χ0n) is 36.7. The Balaban J connectivity index is 1.05. The number of benzene rings is 10. The van der Waals surface area contributed by atoms with Crippen molar-refractivity contribution in [3.8, 4) is 50.2 Å². The lowest BCUT2D eigenvalue weighted by atomic mass is 9.64. The first-order valence-corrected chi connectivity index (χ1v) is 23.9. The van der Waals surface area contributed by atoms with E-state index >= 15 is 0 Å². The Kier molecular flexibility index (Phi) is 7.89. The molecule has 10 aromatic carbocycles. The molecule has 0 aliphatic heterocycles. The van der Waals surface area contributed by atoms with Crippen molar-refractivity contribution < 1.29 is 0 Å². The second-order valence-electron chi connectivity index (χ2n) is 18.8. The van der Waals surface area contributed by atoms with Crippen LogP contribution in [0.5, 0.6) is 0 Å². The van der Waals surface area contributed by atoms with Gasteiger partial charge in [0.1, 0.15) is 0 Å². The van der Waals surface area contributed by atoms with Crippen LogP contribution in [0, 0.1) is 0 Å². The van der Waals surface area contributed by atoms with Gasteiger partial charge in [-0.3, -0.25) is 0 Å². The molecule has 0 radical (unpaired) electrons. The highest BCUT2D eigenvalue weighted by molar-refractivity contribution is 7.25. The molecule has 0 fully saturated rings. The van der Waals surface area contributed by atoms with Crippen LogP contribution in [0.25, 0.3) is 92.2 Å². The molecular formula is C64H43NS. The average Bonchev–Trinajstić information content (AvgIpc) is 4.08. The molecule has 12 aromatic rings. The molecule has 1 nitrogen and oxygen atoms in total. The van der Waals surface area contributed by atoms with Crippen LogP contribution in [0.1, 0.15) is 47.2 Å². The van der Waals surface area contributed by atoms with Gasteiger partial charge in [-0.05, 0) is 145 Å². The molecule has 2 heterocycles. The highest BCUT2D eigenvalue weighted by Crippen LogP contribution is 2.65. The smallest absolute Gasteiger partial charge is 0.0714 e. The Morgan fingerprint density at radius 3 is 1.35 bits per heavy atom. The standard InChI is InChI=1S/C64H43NS/c1-63(2)53-36-44(40-15-5-3-6-16-40)38-55-61(53)62-54(63)37-45(41-17-7-4-8-18-41)39-56(62)64(55,46-28-25-42(26-29-46)43-27-34-60-52(35-43)51-21-11-14-24-59(51)66-60)47-30-32-48(33-31-47)65-57-22-12-9-19-49(57)50-20-10-13-23-58(50)65/h3-39H,1-2H3. The van der Waals surface area contributed by atoms with E-state index in [1.54, 1.807) is 0 Å². The molecule has 2 aliphatic rings. The van der Waals surface area contributed by atoms with Crippen molar-refractivity contribution >= 4 is 53.3 Å². The number of hydrogen-bond acceptors (Lipinski definition) is 1. The zero-order chi connectivity index (χ0) is 43.7.